The van der Waals surface area contributed by atoms with Gasteiger partial charge in [-0.05, 0) is 35.0 Å². The maximum Gasteiger partial charge on any atom is 0.261 e. The van der Waals surface area contributed by atoms with Crippen molar-refractivity contribution in [3.8, 4) is 5.75 Å². The molecule has 0 bridgehead atoms. The molecule has 1 heterocycles. The minimum absolute atomic E-state index is 0.270. The number of hydrogen-bond acceptors (Lipinski definition) is 4. The topological polar surface area (TPSA) is 69.0 Å². The van der Waals surface area contributed by atoms with Gasteiger partial charge in [0.25, 0.3) is 5.91 Å². The number of methoxy groups -OCH3 is 1. The second kappa shape index (κ2) is 5.40. The molecule has 2 aromatic rings. The number of aromatic nitrogens is 3. The Hall–Kier alpha value is -1.89. The average Bonchev–Trinajstić information content (AvgIpc) is 2.67. The zero-order valence-corrected chi connectivity index (χ0v) is 12.4. The first-order valence-corrected chi connectivity index (χ1v) is 6.33. The van der Waals surface area contributed by atoms with Crippen molar-refractivity contribution in [3.05, 3.63) is 34.1 Å². The van der Waals surface area contributed by atoms with Crippen molar-refractivity contribution in [1.29, 1.82) is 0 Å². The predicted molar refractivity (Wildman–Crippen MR) is 74.4 cm³/mol. The number of rotatable bonds is 3. The molecule has 0 atom stereocenters. The van der Waals surface area contributed by atoms with Gasteiger partial charge in [-0.25, -0.2) is 0 Å². The van der Waals surface area contributed by atoms with Gasteiger partial charge >= 0.3 is 0 Å². The molecule has 0 fully saturated rings. The van der Waals surface area contributed by atoms with Gasteiger partial charge in [0.15, 0.2) is 0 Å². The number of nitrogens with zero attached hydrogens (tertiary/aromatic N) is 3. The smallest absolute Gasteiger partial charge is 0.261 e. The van der Waals surface area contributed by atoms with Crippen LogP contribution in [0.2, 0.25) is 0 Å². The third kappa shape index (κ3) is 2.76. The zero-order valence-electron chi connectivity index (χ0n) is 10.8. The normalized spacial score (nSPS) is 10.3. The largest absolute Gasteiger partial charge is 0.495 e. The lowest BCUT2D eigenvalue weighted by atomic mass is 10.2. The monoisotopic (exact) mass is 324 g/mol. The van der Waals surface area contributed by atoms with Gasteiger partial charge in [0.1, 0.15) is 11.6 Å². The summed E-state index contributed by atoms with van der Waals surface area (Å²) in [6, 6.07) is 5.24. The van der Waals surface area contributed by atoms with E-state index in [0.717, 1.165) is 5.82 Å². The molecule has 6 nitrogen and oxygen atoms in total. The van der Waals surface area contributed by atoms with E-state index in [4.69, 9.17) is 4.74 Å². The van der Waals surface area contributed by atoms with Crippen LogP contribution in [0.5, 0.6) is 5.75 Å². The highest BCUT2D eigenvalue weighted by Gasteiger charge is 2.16. The van der Waals surface area contributed by atoms with Crippen LogP contribution in [-0.2, 0) is 7.05 Å². The van der Waals surface area contributed by atoms with E-state index in [1.54, 1.807) is 29.9 Å². The van der Waals surface area contributed by atoms with E-state index in [1.807, 2.05) is 6.92 Å². The maximum absolute atomic E-state index is 12.2. The third-order valence-electron chi connectivity index (χ3n) is 2.62. The van der Waals surface area contributed by atoms with E-state index in [1.165, 1.54) is 7.11 Å². The molecule has 0 saturated carbocycles. The summed E-state index contributed by atoms with van der Waals surface area (Å²) in [6.45, 7) is 1.81. The molecule has 19 heavy (non-hydrogen) atoms. The molecule has 1 aromatic heterocycles. The van der Waals surface area contributed by atoms with E-state index in [2.05, 4.69) is 31.3 Å². The Balaban J connectivity index is 2.27. The number of ether oxygens (including phenoxy) is 1. The van der Waals surface area contributed by atoms with Crippen LogP contribution in [0.1, 0.15) is 16.2 Å². The van der Waals surface area contributed by atoms with Gasteiger partial charge in [0, 0.05) is 7.05 Å². The predicted octanol–water partition coefficient (Wildman–Crippen LogP) is 2.15. The van der Waals surface area contributed by atoms with E-state index < -0.39 is 0 Å². The summed E-state index contributed by atoms with van der Waals surface area (Å²) in [4.78, 5) is 16.3. The molecule has 0 radical (unpaired) electrons. The molecular weight excluding hydrogens is 312 g/mol. The van der Waals surface area contributed by atoms with Crippen molar-refractivity contribution in [1.82, 2.24) is 14.8 Å². The first-order chi connectivity index (χ1) is 9.02. The van der Waals surface area contributed by atoms with E-state index in [9.17, 15) is 4.79 Å². The zero-order chi connectivity index (χ0) is 14.0. The van der Waals surface area contributed by atoms with Crippen molar-refractivity contribution in [3.63, 3.8) is 0 Å². The summed E-state index contributed by atoms with van der Waals surface area (Å²) < 4.78 is 7.52. The molecule has 1 N–H and O–H groups in total. The van der Waals surface area contributed by atoms with Crippen LogP contribution < -0.4 is 10.1 Å². The number of benzene rings is 1. The van der Waals surface area contributed by atoms with E-state index in [-0.39, 0.29) is 11.9 Å². The van der Waals surface area contributed by atoms with Gasteiger partial charge in [-0.3, -0.25) is 14.8 Å². The van der Waals surface area contributed by atoms with Gasteiger partial charge in [-0.1, -0.05) is 6.07 Å². The minimum atomic E-state index is -0.316. The Bertz CT molecular complexity index is 605. The Morgan fingerprint density at radius 1 is 1.47 bits per heavy atom. The number of aryl methyl sites for hydroxylation is 2. The Morgan fingerprint density at radius 2 is 2.21 bits per heavy atom. The minimum Gasteiger partial charge on any atom is -0.495 e. The molecule has 100 valence electrons. The van der Waals surface area contributed by atoms with Crippen LogP contribution in [0, 0.1) is 6.92 Å². The molecule has 7 heteroatoms. The summed E-state index contributed by atoms with van der Waals surface area (Å²) in [7, 11) is 3.28. The number of carbonyl (C=O) groups excluding carboxylic acids is 1. The number of anilines is 1. The molecule has 0 aliphatic heterocycles. The molecule has 1 aromatic carbocycles. The van der Waals surface area contributed by atoms with E-state index in [0.29, 0.717) is 15.8 Å². The number of amides is 1. The fourth-order valence-corrected chi connectivity index (χ4v) is 2.11. The van der Waals surface area contributed by atoms with E-state index >= 15 is 0 Å². The van der Waals surface area contributed by atoms with Crippen molar-refractivity contribution in [2.24, 2.45) is 7.05 Å². The lowest BCUT2D eigenvalue weighted by Gasteiger charge is -2.09. The lowest BCUT2D eigenvalue weighted by Crippen LogP contribution is -2.14. The Labute approximate surface area is 118 Å². The van der Waals surface area contributed by atoms with Gasteiger partial charge in [-0.15, -0.1) is 5.10 Å². The van der Waals surface area contributed by atoms with Crippen LogP contribution in [0.25, 0.3) is 0 Å². The SMILES string of the molecule is COc1c(Br)cccc1C(=O)Nc1nc(C)n(C)n1. The van der Waals surface area contributed by atoms with Crippen LogP contribution in [0.3, 0.4) is 0 Å². The lowest BCUT2D eigenvalue weighted by molar-refractivity contribution is 0.102. The van der Waals surface area contributed by atoms with Gasteiger partial charge < -0.3 is 4.74 Å². The van der Waals surface area contributed by atoms with Crippen molar-refractivity contribution < 1.29 is 9.53 Å². The highest BCUT2D eigenvalue weighted by atomic mass is 79.9. The van der Waals surface area contributed by atoms with Crippen LogP contribution in [0.4, 0.5) is 5.95 Å². The van der Waals surface area contributed by atoms with Crippen LogP contribution in [0.15, 0.2) is 22.7 Å². The second-order valence-corrected chi connectivity index (χ2v) is 4.74. The third-order valence-corrected chi connectivity index (χ3v) is 3.25. The summed E-state index contributed by atoms with van der Waals surface area (Å²) >= 11 is 3.34. The fourth-order valence-electron chi connectivity index (χ4n) is 1.58. The fraction of sp³-hybridized carbons (Fsp3) is 0.250. The molecule has 0 aliphatic rings. The highest BCUT2D eigenvalue weighted by molar-refractivity contribution is 9.10. The Morgan fingerprint density at radius 3 is 2.79 bits per heavy atom. The first kappa shape index (κ1) is 13.5. The molecule has 0 spiro atoms. The summed E-state index contributed by atoms with van der Waals surface area (Å²) in [6.07, 6.45) is 0. The Kier molecular flexibility index (Phi) is 3.84. The molecule has 1 amide bonds. The van der Waals surface area contributed by atoms with Crippen LogP contribution in [-0.4, -0.2) is 27.8 Å². The standard InChI is InChI=1S/C12H13BrN4O2/c1-7-14-12(16-17(7)2)15-11(18)8-5-4-6-9(13)10(8)19-3/h4-6H,1-3H3,(H,15,16,18). The van der Waals surface area contributed by atoms with Crippen molar-refractivity contribution in [2.75, 3.05) is 12.4 Å². The van der Waals surface area contributed by atoms with Crippen LogP contribution >= 0.6 is 15.9 Å². The maximum atomic E-state index is 12.2. The quantitative estimate of drug-likeness (QED) is 0.939. The van der Waals surface area contributed by atoms with Gasteiger partial charge in [0.05, 0.1) is 17.1 Å². The molecule has 0 aliphatic carbocycles. The van der Waals surface area contributed by atoms with Gasteiger partial charge in [-0.2, -0.15) is 4.98 Å². The second-order valence-electron chi connectivity index (χ2n) is 3.88. The average molecular weight is 325 g/mol. The molecule has 2 rings (SSSR count). The number of para-hydroxylation sites is 1. The summed E-state index contributed by atoms with van der Waals surface area (Å²) in [5.41, 5.74) is 0.419. The van der Waals surface area contributed by atoms with Crippen molar-refractivity contribution in [2.45, 2.75) is 6.92 Å². The number of hydrogen-bond donors (Lipinski definition) is 1. The number of nitrogens with one attached hydrogen (secondary N) is 1. The summed E-state index contributed by atoms with van der Waals surface area (Å²) in [5, 5.41) is 6.71. The van der Waals surface area contributed by atoms with Crippen molar-refractivity contribution >= 4 is 27.8 Å². The number of halogens is 1. The molecule has 0 unspecified atom stereocenters. The molecular formula is C12H13BrN4O2. The van der Waals surface area contributed by atoms with Gasteiger partial charge in [0.2, 0.25) is 5.95 Å². The summed E-state index contributed by atoms with van der Waals surface area (Å²) in [5.74, 6) is 1.15. The number of carbonyl (C=O) groups is 1. The first-order valence-electron chi connectivity index (χ1n) is 5.54. The molecule has 0 saturated heterocycles. The highest BCUT2D eigenvalue weighted by Crippen LogP contribution is 2.28.